The van der Waals surface area contributed by atoms with Crippen molar-refractivity contribution in [3.8, 4) is 11.5 Å². The van der Waals surface area contributed by atoms with Crippen LogP contribution in [0.25, 0.3) is 0 Å². The number of ether oxygens (including phenoxy) is 2. The van der Waals surface area contributed by atoms with Crippen molar-refractivity contribution >= 4 is 0 Å². The van der Waals surface area contributed by atoms with Gasteiger partial charge >= 0.3 is 0 Å². The number of hydrogen-bond acceptors (Lipinski definition) is 4. The van der Waals surface area contributed by atoms with E-state index in [1.54, 1.807) is 14.2 Å². The van der Waals surface area contributed by atoms with Crippen molar-refractivity contribution in [3.05, 3.63) is 35.9 Å². The van der Waals surface area contributed by atoms with Crippen LogP contribution in [-0.4, -0.2) is 44.8 Å². The monoisotopic (exact) mass is 304 g/mol. The van der Waals surface area contributed by atoms with Crippen LogP contribution in [0.4, 0.5) is 0 Å². The first kappa shape index (κ1) is 16.8. The fraction of sp³-hybridized carbons (Fsp3) is 0.556. The summed E-state index contributed by atoms with van der Waals surface area (Å²) >= 11 is 0. The molecular weight excluding hydrogens is 276 g/mol. The van der Waals surface area contributed by atoms with E-state index >= 15 is 0 Å². The van der Waals surface area contributed by atoms with Gasteiger partial charge in [-0.25, -0.2) is 0 Å². The van der Waals surface area contributed by atoms with Gasteiger partial charge < -0.3 is 14.8 Å². The molecule has 1 aromatic carbocycles. The second kappa shape index (κ2) is 8.20. The molecule has 4 heteroatoms. The normalized spacial score (nSPS) is 16.5. The quantitative estimate of drug-likeness (QED) is 0.786. The molecule has 0 radical (unpaired) electrons. The minimum atomic E-state index is 0.582. The predicted octanol–water partition coefficient (Wildman–Crippen LogP) is 2.83. The van der Waals surface area contributed by atoms with E-state index in [-0.39, 0.29) is 0 Å². The van der Waals surface area contributed by atoms with E-state index in [2.05, 4.69) is 35.9 Å². The Kier molecular flexibility index (Phi) is 6.28. The highest BCUT2D eigenvalue weighted by Crippen LogP contribution is 2.22. The number of rotatable bonds is 7. The van der Waals surface area contributed by atoms with Crippen molar-refractivity contribution in [2.75, 3.05) is 33.9 Å². The number of hydrogen-bond donors (Lipinski definition) is 1. The molecule has 4 nitrogen and oxygen atoms in total. The van der Waals surface area contributed by atoms with Gasteiger partial charge in [-0.15, -0.1) is 0 Å². The Balaban J connectivity index is 1.82. The number of methoxy groups -OCH3 is 2. The zero-order chi connectivity index (χ0) is 15.9. The molecule has 2 rings (SSSR count). The van der Waals surface area contributed by atoms with Crippen LogP contribution in [0.15, 0.2) is 30.4 Å². The zero-order valence-corrected chi connectivity index (χ0v) is 14.0. The molecule has 122 valence electrons. The van der Waals surface area contributed by atoms with Gasteiger partial charge in [0.1, 0.15) is 11.5 Å². The Morgan fingerprint density at radius 2 is 1.77 bits per heavy atom. The van der Waals surface area contributed by atoms with Crippen LogP contribution in [0.3, 0.4) is 0 Å². The molecule has 1 aliphatic heterocycles. The molecule has 0 bridgehead atoms. The van der Waals surface area contributed by atoms with Crippen LogP contribution in [-0.2, 0) is 6.54 Å². The average Bonchev–Trinajstić information content (AvgIpc) is 2.53. The molecular formula is C18H28N2O2. The van der Waals surface area contributed by atoms with Gasteiger partial charge in [0, 0.05) is 25.2 Å². The van der Waals surface area contributed by atoms with Crippen LogP contribution in [0.5, 0.6) is 11.5 Å². The molecule has 1 saturated heterocycles. The number of nitrogens with zero attached hydrogens (tertiary/aromatic N) is 1. The molecule has 0 aromatic heterocycles. The Morgan fingerprint density at radius 3 is 2.27 bits per heavy atom. The zero-order valence-electron chi connectivity index (χ0n) is 14.0. The van der Waals surface area contributed by atoms with Gasteiger partial charge in [-0.1, -0.05) is 12.2 Å². The van der Waals surface area contributed by atoms with Crippen LogP contribution < -0.4 is 14.8 Å². The lowest BCUT2D eigenvalue weighted by molar-refractivity contribution is 0.211. The standard InChI is InChI=1S/C18H28N2O2/c1-14(2)13-20-7-5-16(6-8-20)19-12-15-9-17(21-3)11-18(10-15)22-4/h9-11,16,19H,1,5-8,12-13H2,2-4H3. The summed E-state index contributed by atoms with van der Waals surface area (Å²) in [6.07, 6.45) is 2.38. The number of piperidine rings is 1. The molecule has 1 aliphatic rings. The Bertz CT molecular complexity index is 472. The summed E-state index contributed by atoms with van der Waals surface area (Å²) in [5.41, 5.74) is 2.44. The topological polar surface area (TPSA) is 33.7 Å². The smallest absolute Gasteiger partial charge is 0.122 e. The molecule has 0 saturated carbocycles. The average molecular weight is 304 g/mol. The van der Waals surface area contributed by atoms with Gasteiger partial charge in [0.05, 0.1) is 14.2 Å². The number of benzene rings is 1. The largest absolute Gasteiger partial charge is 0.497 e. The van der Waals surface area contributed by atoms with Gasteiger partial charge in [-0.3, -0.25) is 4.90 Å². The second-order valence-electron chi connectivity index (χ2n) is 6.11. The molecule has 1 aromatic rings. The lowest BCUT2D eigenvalue weighted by Crippen LogP contribution is -2.42. The van der Waals surface area contributed by atoms with Crippen molar-refractivity contribution in [2.45, 2.75) is 32.4 Å². The van der Waals surface area contributed by atoms with Crippen molar-refractivity contribution in [2.24, 2.45) is 0 Å². The second-order valence-corrected chi connectivity index (χ2v) is 6.11. The van der Waals surface area contributed by atoms with Crippen LogP contribution in [0.1, 0.15) is 25.3 Å². The van der Waals surface area contributed by atoms with Crippen molar-refractivity contribution in [3.63, 3.8) is 0 Å². The van der Waals surface area contributed by atoms with Gasteiger partial charge in [0.15, 0.2) is 0 Å². The molecule has 1 N–H and O–H groups in total. The van der Waals surface area contributed by atoms with E-state index in [9.17, 15) is 0 Å². The molecule has 1 fully saturated rings. The number of nitrogens with one attached hydrogen (secondary N) is 1. The first-order valence-corrected chi connectivity index (χ1v) is 7.92. The minimum Gasteiger partial charge on any atom is -0.497 e. The highest BCUT2D eigenvalue weighted by molar-refractivity contribution is 5.38. The van der Waals surface area contributed by atoms with Crippen molar-refractivity contribution < 1.29 is 9.47 Å². The first-order valence-electron chi connectivity index (χ1n) is 7.92. The molecule has 0 aliphatic carbocycles. The highest BCUT2D eigenvalue weighted by Gasteiger charge is 2.18. The van der Waals surface area contributed by atoms with Gasteiger partial charge in [0.2, 0.25) is 0 Å². The Hall–Kier alpha value is -1.52. The summed E-state index contributed by atoms with van der Waals surface area (Å²) in [4.78, 5) is 2.48. The summed E-state index contributed by atoms with van der Waals surface area (Å²) in [7, 11) is 3.37. The van der Waals surface area contributed by atoms with Crippen LogP contribution in [0.2, 0.25) is 0 Å². The maximum Gasteiger partial charge on any atom is 0.122 e. The van der Waals surface area contributed by atoms with Gasteiger partial charge in [-0.05, 0) is 50.6 Å². The molecule has 22 heavy (non-hydrogen) atoms. The fourth-order valence-corrected chi connectivity index (χ4v) is 2.91. The third kappa shape index (κ3) is 5.04. The van der Waals surface area contributed by atoms with E-state index in [0.717, 1.165) is 37.7 Å². The van der Waals surface area contributed by atoms with E-state index in [0.29, 0.717) is 6.04 Å². The molecule has 1 heterocycles. The van der Waals surface area contributed by atoms with Crippen LogP contribution in [0, 0.1) is 0 Å². The Morgan fingerprint density at radius 1 is 1.18 bits per heavy atom. The minimum absolute atomic E-state index is 0.582. The SMILES string of the molecule is C=C(C)CN1CCC(NCc2cc(OC)cc(OC)c2)CC1. The highest BCUT2D eigenvalue weighted by atomic mass is 16.5. The lowest BCUT2D eigenvalue weighted by Gasteiger charge is -2.32. The van der Waals surface area contributed by atoms with Crippen molar-refractivity contribution in [1.82, 2.24) is 10.2 Å². The maximum absolute atomic E-state index is 5.32. The Labute approximate surface area is 134 Å². The predicted molar refractivity (Wildman–Crippen MR) is 90.7 cm³/mol. The van der Waals surface area contributed by atoms with E-state index in [4.69, 9.17) is 9.47 Å². The summed E-state index contributed by atoms with van der Waals surface area (Å²) in [6.45, 7) is 10.3. The first-order chi connectivity index (χ1) is 10.6. The third-order valence-electron chi connectivity index (χ3n) is 4.09. The fourth-order valence-electron chi connectivity index (χ4n) is 2.91. The number of likely N-dealkylation sites (tertiary alicyclic amines) is 1. The van der Waals surface area contributed by atoms with E-state index in [1.165, 1.54) is 24.0 Å². The summed E-state index contributed by atoms with van der Waals surface area (Å²) in [5, 5.41) is 3.65. The van der Waals surface area contributed by atoms with Crippen LogP contribution >= 0.6 is 0 Å². The summed E-state index contributed by atoms with van der Waals surface area (Å²) in [5.74, 6) is 1.68. The summed E-state index contributed by atoms with van der Waals surface area (Å²) in [6, 6.07) is 6.61. The molecule has 0 atom stereocenters. The van der Waals surface area contributed by atoms with E-state index in [1.807, 2.05) is 6.07 Å². The van der Waals surface area contributed by atoms with E-state index < -0.39 is 0 Å². The third-order valence-corrected chi connectivity index (χ3v) is 4.09. The molecule has 0 spiro atoms. The summed E-state index contributed by atoms with van der Waals surface area (Å²) < 4.78 is 10.6. The molecule has 0 amide bonds. The lowest BCUT2D eigenvalue weighted by atomic mass is 10.0. The molecule has 0 unspecified atom stereocenters. The van der Waals surface area contributed by atoms with Gasteiger partial charge in [0.25, 0.3) is 0 Å². The van der Waals surface area contributed by atoms with Gasteiger partial charge in [-0.2, -0.15) is 0 Å². The van der Waals surface area contributed by atoms with Crippen molar-refractivity contribution in [1.29, 1.82) is 0 Å². The maximum atomic E-state index is 5.32.